The lowest BCUT2D eigenvalue weighted by Crippen LogP contribution is -2.46. The fourth-order valence-corrected chi connectivity index (χ4v) is 4.82. The zero-order chi connectivity index (χ0) is 22.8. The maximum Gasteiger partial charge on any atom is 0.245 e. The number of rotatable bonds is 7. The molecule has 1 aliphatic carbocycles. The fourth-order valence-electron chi connectivity index (χ4n) is 4.82. The van der Waals surface area contributed by atoms with Crippen LogP contribution in [0.25, 0.3) is 11.4 Å². The maximum atomic E-state index is 13.1. The highest BCUT2D eigenvalue weighted by Crippen LogP contribution is 2.33. The number of hydrogen-bond donors (Lipinski definition) is 2. The number of carbonyl (C=O) groups excluding carboxylic acids is 1. The van der Waals surface area contributed by atoms with E-state index in [9.17, 15) is 4.79 Å². The fraction of sp³-hybridized carbons (Fsp3) is 0.458. The molecule has 9 heteroatoms. The monoisotopic (exact) mass is 446 g/mol. The van der Waals surface area contributed by atoms with Gasteiger partial charge in [0.2, 0.25) is 11.9 Å². The quantitative estimate of drug-likeness (QED) is 0.574. The van der Waals surface area contributed by atoms with E-state index in [1.165, 1.54) is 0 Å². The van der Waals surface area contributed by atoms with Gasteiger partial charge in [-0.15, -0.1) is 0 Å². The van der Waals surface area contributed by atoms with E-state index in [-0.39, 0.29) is 11.9 Å². The third-order valence-corrected chi connectivity index (χ3v) is 6.56. The van der Waals surface area contributed by atoms with Crippen molar-refractivity contribution in [1.82, 2.24) is 30.0 Å². The van der Waals surface area contributed by atoms with Crippen molar-refractivity contribution < 1.29 is 4.79 Å². The van der Waals surface area contributed by atoms with Gasteiger partial charge in [0.15, 0.2) is 5.82 Å². The molecule has 0 radical (unpaired) electrons. The molecule has 4 heterocycles. The Kier molecular flexibility index (Phi) is 5.93. The summed E-state index contributed by atoms with van der Waals surface area (Å²) in [6, 6.07) is 7.53. The number of fused-ring (bicyclic) bond motifs is 1. The second-order valence-corrected chi connectivity index (χ2v) is 8.52. The maximum absolute atomic E-state index is 13.1. The Morgan fingerprint density at radius 2 is 2.09 bits per heavy atom. The summed E-state index contributed by atoms with van der Waals surface area (Å²) >= 11 is 0. The summed E-state index contributed by atoms with van der Waals surface area (Å²) in [6.07, 6.45) is 6.50. The number of aromatic nitrogens is 5. The molecule has 2 aliphatic rings. The minimum atomic E-state index is -0.196. The van der Waals surface area contributed by atoms with Crippen LogP contribution in [-0.4, -0.2) is 61.6 Å². The topological polar surface area (TPSA) is 103 Å². The molecule has 9 nitrogen and oxygen atoms in total. The van der Waals surface area contributed by atoms with Crippen LogP contribution in [0.1, 0.15) is 44.4 Å². The highest BCUT2D eigenvalue weighted by Gasteiger charge is 2.35. The van der Waals surface area contributed by atoms with Crippen LogP contribution in [0.3, 0.4) is 0 Å². The minimum Gasteiger partial charge on any atom is -0.341 e. The van der Waals surface area contributed by atoms with E-state index < -0.39 is 0 Å². The van der Waals surface area contributed by atoms with Crippen LogP contribution < -0.4 is 10.2 Å². The number of pyridine rings is 1. The van der Waals surface area contributed by atoms with E-state index >= 15 is 0 Å². The Hall–Kier alpha value is -3.49. The number of aromatic amines is 1. The lowest BCUT2D eigenvalue weighted by molar-refractivity contribution is -0.132. The lowest BCUT2D eigenvalue weighted by Gasteiger charge is -2.29. The van der Waals surface area contributed by atoms with Gasteiger partial charge >= 0.3 is 0 Å². The van der Waals surface area contributed by atoms with Crippen molar-refractivity contribution in [2.45, 2.75) is 52.0 Å². The molecule has 0 spiro atoms. The minimum absolute atomic E-state index is 0.170. The molecule has 1 fully saturated rings. The molecule has 5 rings (SSSR count). The molecule has 33 heavy (non-hydrogen) atoms. The van der Waals surface area contributed by atoms with Crippen molar-refractivity contribution in [3.8, 4) is 11.4 Å². The van der Waals surface area contributed by atoms with Gasteiger partial charge in [0, 0.05) is 37.5 Å². The van der Waals surface area contributed by atoms with Gasteiger partial charge in [0.05, 0.1) is 17.1 Å². The Bertz CT molecular complexity index is 1120. The molecule has 172 valence electrons. The Morgan fingerprint density at radius 3 is 2.88 bits per heavy atom. The van der Waals surface area contributed by atoms with Crippen LogP contribution in [0.2, 0.25) is 0 Å². The van der Waals surface area contributed by atoms with E-state index in [0.29, 0.717) is 11.8 Å². The molecule has 1 amide bonds. The molecule has 1 aliphatic heterocycles. The normalized spacial score (nSPS) is 17.3. The van der Waals surface area contributed by atoms with E-state index in [1.807, 2.05) is 43.0 Å². The summed E-state index contributed by atoms with van der Waals surface area (Å²) in [6.45, 7) is 6.28. The molecule has 0 saturated carbocycles. The standard InChI is InChI=1S/C24H30N8O/c1-3-31(4-2)23(33)20-12-8-14-32(20)24-26-17-11-7-9-16(17)22(28-24)27-21-15-19(29-30-21)18-10-5-6-13-25-18/h5-6,10,13,15,20H,3-4,7-9,11-12,14H2,1-2H3,(H2,26,27,28,29,30)/t20-/m1/s1. The van der Waals surface area contributed by atoms with Crippen molar-refractivity contribution in [2.75, 3.05) is 29.9 Å². The molecular weight excluding hydrogens is 416 g/mol. The average molecular weight is 447 g/mol. The van der Waals surface area contributed by atoms with Crippen LogP contribution in [-0.2, 0) is 17.6 Å². The average Bonchev–Trinajstić information content (AvgIpc) is 3.60. The predicted molar refractivity (Wildman–Crippen MR) is 127 cm³/mol. The number of H-pyrrole nitrogens is 1. The van der Waals surface area contributed by atoms with E-state index in [1.54, 1.807) is 6.20 Å². The Morgan fingerprint density at radius 1 is 1.21 bits per heavy atom. The van der Waals surface area contributed by atoms with E-state index in [4.69, 9.17) is 9.97 Å². The predicted octanol–water partition coefficient (Wildman–Crippen LogP) is 3.33. The summed E-state index contributed by atoms with van der Waals surface area (Å²) in [5.41, 5.74) is 3.89. The van der Waals surface area contributed by atoms with Gasteiger partial charge in [-0.2, -0.15) is 10.1 Å². The number of likely N-dealkylation sites (N-methyl/N-ethyl adjacent to an activating group) is 1. The summed E-state index contributed by atoms with van der Waals surface area (Å²) in [4.78, 5) is 31.3. The highest BCUT2D eigenvalue weighted by atomic mass is 16.2. The number of carbonyl (C=O) groups is 1. The van der Waals surface area contributed by atoms with Crippen molar-refractivity contribution in [3.63, 3.8) is 0 Å². The summed E-state index contributed by atoms with van der Waals surface area (Å²) in [5, 5.41) is 10.9. The number of anilines is 3. The zero-order valence-electron chi connectivity index (χ0n) is 19.2. The smallest absolute Gasteiger partial charge is 0.245 e. The SMILES string of the molecule is CCN(CC)C(=O)[C@H]1CCCN1c1nc2c(c(Nc3cc(-c4ccccn4)[nH]n3)n1)CCC2. The molecule has 1 atom stereocenters. The molecule has 3 aromatic heterocycles. The van der Waals surface area contributed by atoms with Crippen LogP contribution in [0.4, 0.5) is 17.6 Å². The van der Waals surface area contributed by atoms with E-state index in [2.05, 4.69) is 25.4 Å². The number of amides is 1. The zero-order valence-corrected chi connectivity index (χ0v) is 19.2. The Balaban J connectivity index is 1.43. The van der Waals surface area contributed by atoms with Gasteiger partial charge in [-0.3, -0.25) is 14.9 Å². The largest absolute Gasteiger partial charge is 0.341 e. The second-order valence-electron chi connectivity index (χ2n) is 8.52. The van der Waals surface area contributed by atoms with Crippen molar-refractivity contribution in [2.24, 2.45) is 0 Å². The van der Waals surface area contributed by atoms with Gasteiger partial charge in [0.25, 0.3) is 0 Å². The first kappa shape index (κ1) is 21.4. The first-order valence-electron chi connectivity index (χ1n) is 11.9. The van der Waals surface area contributed by atoms with Gasteiger partial charge in [-0.25, -0.2) is 4.98 Å². The molecule has 0 bridgehead atoms. The summed E-state index contributed by atoms with van der Waals surface area (Å²) in [7, 11) is 0. The van der Waals surface area contributed by atoms with Crippen molar-refractivity contribution >= 4 is 23.5 Å². The summed E-state index contributed by atoms with van der Waals surface area (Å²) < 4.78 is 0. The van der Waals surface area contributed by atoms with Crippen LogP contribution in [0.5, 0.6) is 0 Å². The van der Waals surface area contributed by atoms with Gasteiger partial charge in [-0.05, 0) is 58.1 Å². The van der Waals surface area contributed by atoms with Crippen molar-refractivity contribution in [3.05, 3.63) is 41.7 Å². The van der Waals surface area contributed by atoms with Crippen LogP contribution >= 0.6 is 0 Å². The molecule has 1 saturated heterocycles. The molecule has 2 N–H and O–H groups in total. The second kappa shape index (κ2) is 9.17. The lowest BCUT2D eigenvalue weighted by atomic mass is 10.2. The van der Waals surface area contributed by atoms with Gasteiger partial charge in [0.1, 0.15) is 11.9 Å². The molecule has 3 aromatic rings. The number of hydrogen-bond acceptors (Lipinski definition) is 7. The number of nitrogens with one attached hydrogen (secondary N) is 2. The van der Waals surface area contributed by atoms with Crippen LogP contribution in [0.15, 0.2) is 30.5 Å². The number of aryl methyl sites for hydroxylation is 1. The third kappa shape index (κ3) is 4.15. The Labute approximate surface area is 193 Å². The summed E-state index contributed by atoms with van der Waals surface area (Å²) in [5.74, 6) is 2.28. The van der Waals surface area contributed by atoms with E-state index in [0.717, 1.165) is 80.2 Å². The third-order valence-electron chi connectivity index (χ3n) is 6.56. The highest BCUT2D eigenvalue weighted by molar-refractivity contribution is 5.85. The number of nitrogens with zero attached hydrogens (tertiary/aromatic N) is 6. The first-order chi connectivity index (χ1) is 16.2. The molecule has 0 aromatic carbocycles. The van der Waals surface area contributed by atoms with Crippen molar-refractivity contribution in [1.29, 1.82) is 0 Å². The molecular formula is C24H30N8O. The van der Waals surface area contributed by atoms with Gasteiger partial charge in [-0.1, -0.05) is 6.07 Å². The van der Waals surface area contributed by atoms with Gasteiger partial charge < -0.3 is 15.1 Å². The van der Waals surface area contributed by atoms with Crippen LogP contribution in [0, 0.1) is 0 Å². The molecule has 0 unspecified atom stereocenters. The first-order valence-corrected chi connectivity index (χ1v) is 11.9.